The molecule has 0 atom stereocenters. The van der Waals surface area contributed by atoms with Crippen molar-refractivity contribution in [3.63, 3.8) is 0 Å². The standard InChI is InChI=1S/C24H22N6O2/c25-15-29-12-10-16(11-13-29)20-14-27-30-22(23(26)31)21(28-24(20)30)17-6-8-19(9-7-17)32-18-4-2-1-3-5-18/h1-9,14,16,27H,10-13H2,(H2,26,31). The Hall–Kier alpha value is -4.25. The first-order chi connectivity index (χ1) is 15.6. The number of H-pyrrole nitrogens is 1. The molecule has 0 aliphatic carbocycles. The van der Waals surface area contributed by atoms with Crippen molar-refractivity contribution in [1.29, 1.82) is 5.26 Å². The minimum atomic E-state index is -0.551. The zero-order valence-corrected chi connectivity index (χ0v) is 17.4. The largest absolute Gasteiger partial charge is 0.457 e. The number of imidazole rings is 1. The first-order valence-electron chi connectivity index (χ1n) is 10.5. The Kier molecular flexibility index (Phi) is 5.00. The average Bonchev–Trinajstić information content (AvgIpc) is 3.40. The lowest BCUT2D eigenvalue weighted by molar-refractivity contribution is 0.0994. The molecule has 0 bridgehead atoms. The number of likely N-dealkylation sites (tertiary alicyclic amines) is 1. The van der Waals surface area contributed by atoms with Gasteiger partial charge in [-0.25, -0.2) is 9.50 Å². The number of para-hydroxylation sites is 1. The number of hydrogen-bond donors (Lipinski definition) is 2. The van der Waals surface area contributed by atoms with Crippen molar-refractivity contribution in [3.05, 3.63) is 72.1 Å². The molecule has 0 spiro atoms. The number of nitrogens with zero attached hydrogens (tertiary/aromatic N) is 4. The van der Waals surface area contributed by atoms with E-state index in [4.69, 9.17) is 20.7 Å². The number of hydrogen-bond acceptors (Lipinski definition) is 5. The zero-order chi connectivity index (χ0) is 22.1. The van der Waals surface area contributed by atoms with Gasteiger partial charge in [-0.3, -0.25) is 9.89 Å². The molecule has 0 saturated carbocycles. The predicted molar refractivity (Wildman–Crippen MR) is 119 cm³/mol. The molecule has 2 aromatic heterocycles. The maximum absolute atomic E-state index is 12.3. The van der Waals surface area contributed by atoms with Gasteiger partial charge in [-0.05, 0) is 55.2 Å². The van der Waals surface area contributed by atoms with Crippen molar-refractivity contribution >= 4 is 11.6 Å². The zero-order valence-electron chi connectivity index (χ0n) is 17.4. The summed E-state index contributed by atoms with van der Waals surface area (Å²) < 4.78 is 7.52. The molecule has 8 nitrogen and oxygen atoms in total. The summed E-state index contributed by atoms with van der Waals surface area (Å²) in [4.78, 5) is 18.9. The summed E-state index contributed by atoms with van der Waals surface area (Å²) in [5.41, 5.74) is 9.11. The number of fused-ring (bicyclic) bond motifs is 1. The van der Waals surface area contributed by atoms with Crippen molar-refractivity contribution in [2.45, 2.75) is 18.8 Å². The lowest BCUT2D eigenvalue weighted by atomic mass is 9.91. The van der Waals surface area contributed by atoms with Gasteiger partial charge in [0.25, 0.3) is 5.91 Å². The number of aromatic nitrogens is 3. The number of piperidine rings is 1. The van der Waals surface area contributed by atoms with Gasteiger partial charge in [-0.15, -0.1) is 0 Å². The Morgan fingerprint density at radius 1 is 1.09 bits per heavy atom. The Labute approximate surface area is 184 Å². The van der Waals surface area contributed by atoms with Gasteiger partial charge >= 0.3 is 0 Å². The molecule has 5 rings (SSSR count). The van der Waals surface area contributed by atoms with E-state index >= 15 is 0 Å². The van der Waals surface area contributed by atoms with Crippen LogP contribution in [-0.2, 0) is 0 Å². The van der Waals surface area contributed by atoms with Crippen molar-refractivity contribution < 1.29 is 9.53 Å². The van der Waals surface area contributed by atoms with Gasteiger partial charge in [0.15, 0.2) is 17.5 Å². The van der Waals surface area contributed by atoms with Crippen LogP contribution in [0.15, 0.2) is 60.8 Å². The number of primary amides is 1. The fourth-order valence-corrected chi connectivity index (χ4v) is 4.26. The Bertz CT molecular complexity index is 1290. The summed E-state index contributed by atoms with van der Waals surface area (Å²) >= 11 is 0. The molecule has 0 unspecified atom stereocenters. The SMILES string of the molecule is N#CN1CCC(c2c[nH]n3c(C(N)=O)c(-c4ccc(Oc5ccccc5)cc4)nc23)CC1. The normalized spacial score (nSPS) is 14.4. The minimum Gasteiger partial charge on any atom is -0.457 e. The second-order valence-electron chi connectivity index (χ2n) is 7.86. The Morgan fingerprint density at radius 2 is 1.78 bits per heavy atom. The molecule has 8 heteroatoms. The molecular formula is C24H22N6O2. The van der Waals surface area contributed by atoms with Crippen LogP contribution in [0.25, 0.3) is 16.9 Å². The van der Waals surface area contributed by atoms with E-state index in [1.807, 2.05) is 60.8 Å². The molecule has 0 radical (unpaired) electrons. The van der Waals surface area contributed by atoms with Crippen LogP contribution in [0.4, 0.5) is 0 Å². The smallest absolute Gasteiger partial charge is 0.269 e. The highest BCUT2D eigenvalue weighted by Gasteiger charge is 2.27. The van der Waals surface area contributed by atoms with Gasteiger partial charge in [0.2, 0.25) is 0 Å². The maximum atomic E-state index is 12.3. The molecule has 2 aromatic carbocycles. The van der Waals surface area contributed by atoms with Crippen LogP contribution < -0.4 is 10.5 Å². The lowest BCUT2D eigenvalue weighted by Crippen LogP contribution is -2.28. The number of benzene rings is 2. The first kappa shape index (κ1) is 19.7. The molecule has 4 aromatic rings. The lowest BCUT2D eigenvalue weighted by Gasteiger charge is -2.27. The molecule has 1 aliphatic heterocycles. The van der Waals surface area contributed by atoms with Crippen LogP contribution >= 0.6 is 0 Å². The van der Waals surface area contributed by atoms with Crippen LogP contribution in [-0.4, -0.2) is 38.5 Å². The summed E-state index contributed by atoms with van der Waals surface area (Å²) in [6.07, 6.45) is 5.82. The molecule has 3 N–H and O–H groups in total. The number of nitriles is 1. The van der Waals surface area contributed by atoms with E-state index in [2.05, 4.69) is 11.3 Å². The van der Waals surface area contributed by atoms with Gasteiger partial charge in [-0.1, -0.05) is 18.2 Å². The van der Waals surface area contributed by atoms with Crippen molar-refractivity contribution in [2.75, 3.05) is 13.1 Å². The van der Waals surface area contributed by atoms with Crippen LogP contribution in [0, 0.1) is 11.5 Å². The maximum Gasteiger partial charge on any atom is 0.269 e. The third kappa shape index (κ3) is 3.54. The fraction of sp³-hybridized carbons (Fsp3) is 0.208. The van der Waals surface area contributed by atoms with Crippen LogP contribution in [0.2, 0.25) is 0 Å². The highest BCUT2D eigenvalue weighted by molar-refractivity contribution is 5.98. The van der Waals surface area contributed by atoms with Crippen LogP contribution in [0.3, 0.4) is 0 Å². The van der Waals surface area contributed by atoms with Gasteiger partial charge in [0.05, 0.1) is 0 Å². The number of carbonyl (C=O) groups is 1. The van der Waals surface area contributed by atoms with Gasteiger partial charge in [0, 0.05) is 30.4 Å². The fourth-order valence-electron chi connectivity index (χ4n) is 4.26. The average molecular weight is 426 g/mol. The predicted octanol–water partition coefficient (Wildman–Crippen LogP) is 3.88. The topological polar surface area (TPSA) is 112 Å². The van der Waals surface area contributed by atoms with E-state index in [1.165, 1.54) is 0 Å². The van der Waals surface area contributed by atoms with E-state index in [0.29, 0.717) is 22.8 Å². The summed E-state index contributed by atoms with van der Waals surface area (Å²) in [6.45, 7) is 1.44. The summed E-state index contributed by atoms with van der Waals surface area (Å²) in [7, 11) is 0. The molecule has 1 aliphatic rings. The quantitative estimate of drug-likeness (QED) is 0.470. The molecule has 1 saturated heterocycles. The second kappa shape index (κ2) is 8.12. The van der Waals surface area contributed by atoms with E-state index in [-0.39, 0.29) is 5.92 Å². The van der Waals surface area contributed by atoms with Crippen LogP contribution in [0.1, 0.15) is 34.8 Å². The van der Waals surface area contributed by atoms with Gasteiger partial charge in [0.1, 0.15) is 17.2 Å². The summed E-state index contributed by atoms with van der Waals surface area (Å²) in [6, 6.07) is 17.0. The number of carbonyl (C=O) groups excluding carboxylic acids is 1. The van der Waals surface area contributed by atoms with Crippen molar-refractivity contribution in [1.82, 2.24) is 19.5 Å². The second-order valence-corrected chi connectivity index (χ2v) is 7.86. The number of nitrogens with one attached hydrogen (secondary N) is 1. The third-order valence-electron chi connectivity index (χ3n) is 5.90. The summed E-state index contributed by atoms with van der Waals surface area (Å²) in [5.74, 6) is 1.16. The summed E-state index contributed by atoms with van der Waals surface area (Å²) in [5, 5.41) is 12.2. The Balaban J connectivity index is 1.47. The third-order valence-corrected chi connectivity index (χ3v) is 5.90. The molecule has 32 heavy (non-hydrogen) atoms. The number of amides is 1. The van der Waals surface area contributed by atoms with Crippen molar-refractivity contribution in [2.24, 2.45) is 5.73 Å². The molecule has 3 heterocycles. The molecule has 160 valence electrons. The molecule has 1 amide bonds. The molecular weight excluding hydrogens is 404 g/mol. The number of rotatable bonds is 5. The highest BCUT2D eigenvalue weighted by Crippen LogP contribution is 2.34. The van der Waals surface area contributed by atoms with E-state index in [0.717, 1.165) is 42.8 Å². The van der Waals surface area contributed by atoms with Gasteiger partial charge < -0.3 is 15.4 Å². The van der Waals surface area contributed by atoms with E-state index in [1.54, 1.807) is 9.42 Å². The number of aromatic amines is 1. The number of nitrogens with two attached hydrogens (primary N) is 1. The van der Waals surface area contributed by atoms with Crippen LogP contribution in [0.5, 0.6) is 11.5 Å². The Morgan fingerprint density at radius 3 is 2.44 bits per heavy atom. The monoisotopic (exact) mass is 426 g/mol. The van der Waals surface area contributed by atoms with Crippen molar-refractivity contribution in [3.8, 4) is 28.9 Å². The van der Waals surface area contributed by atoms with E-state index < -0.39 is 5.91 Å². The minimum absolute atomic E-state index is 0.269. The number of ether oxygens (including phenoxy) is 1. The molecule has 1 fully saturated rings. The van der Waals surface area contributed by atoms with Gasteiger partial charge in [-0.2, -0.15) is 5.26 Å². The first-order valence-corrected chi connectivity index (χ1v) is 10.5. The van der Waals surface area contributed by atoms with E-state index in [9.17, 15) is 4.79 Å². The highest BCUT2D eigenvalue weighted by atomic mass is 16.5.